The van der Waals surface area contributed by atoms with E-state index in [4.69, 9.17) is 0 Å². The molecule has 1 rings (SSSR count). The normalized spacial score (nSPS) is 18.0. The van der Waals surface area contributed by atoms with Gasteiger partial charge in [-0.15, -0.1) is 0 Å². The van der Waals surface area contributed by atoms with Gasteiger partial charge in [0, 0.05) is 31.2 Å². The standard InChI is InChI=1S/C23H40N2O4/c1-6-7-9-12-19(22(28)17(4)5)24-20(26)13-10-8-11-14-25-21(27)15-18(16(2)3)23(25)29/h16-19H,6-15H2,1-5H3,(H,24,26)/t18?,19-/m0/s1. The second kappa shape index (κ2) is 12.8. The molecule has 1 heterocycles. The van der Waals surface area contributed by atoms with Gasteiger partial charge in [-0.05, 0) is 25.2 Å². The van der Waals surface area contributed by atoms with Gasteiger partial charge >= 0.3 is 0 Å². The lowest BCUT2D eigenvalue weighted by molar-refractivity contribution is -0.139. The predicted octanol–water partition coefficient (Wildman–Crippen LogP) is 3.87. The van der Waals surface area contributed by atoms with Crippen molar-refractivity contribution in [3.63, 3.8) is 0 Å². The van der Waals surface area contributed by atoms with Crippen LogP contribution in [0.2, 0.25) is 0 Å². The second-order valence-electron chi connectivity index (χ2n) is 8.92. The van der Waals surface area contributed by atoms with Crippen molar-refractivity contribution in [2.24, 2.45) is 17.8 Å². The average Bonchev–Trinajstić information content (AvgIpc) is 2.94. The Balaban J connectivity index is 2.34. The number of unbranched alkanes of at least 4 members (excludes halogenated alkanes) is 4. The molecule has 1 unspecified atom stereocenters. The van der Waals surface area contributed by atoms with Crippen molar-refractivity contribution in [2.75, 3.05) is 6.54 Å². The van der Waals surface area contributed by atoms with E-state index >= 15 is 0 Å². The first-order valence-corrected chi connectivity index (χ1v) is 11.4. The molecule has 1 fully saturated rings. The fourth-order valence-electron chi connectivity index (χ4n) is 3.75. The molecule has 0 radical (unpaired) electrons. The number of amides is 3. The number of rotatable bonds is 14. The van der Waals surface area contributed by atoms with Crippen LogP contribution in [-0.4, -0.2) is 41.0 Å². The number of hydrogen-bond acceptors (Lipinski definition) is 4. The molecule has 3 amide bonds. The lowest BCUT2D eigenvalue weighted by Crippen LogP contribution is -2.42. The molecule has 1 saturated heterocycles. The van der Waals surface area contributed by atoms with Crippen LogP contribution in [0.3, 0.4) is 0 Å². The van der Waals surface area contributed by atoms with E-state index in [2.05, 4.69) is 12.2 Å². The molecule has 0 aromatic heterocycles. The zero-order chi connectivity index (χ0) is 22.0. The highest BCUT2D eigenvalue weighted by Crippen LogP contribution is 2.26. The van der Waals surface area contributed by atoms with Gasteiger partial charge in [0.05, 0.1) is 6.04 Å². The van der Waals surface area contributed by atoms with Gasteiger partial charge in [-0.1, -0.05) is 60.3 Å². The van der Waals surface area contributed by atoms with Crippen LogP contribution < -0.4 is 5.32 Å². The minimum atomic E-state index is -0.387. The van der Waals surface area contributed by atoms with Gasteiger partial charge in [0.15, 0.2) is 5.78 Å². The van der Waals surface area contributed by atoms with Gasteiger partial charge in [0.25, 0.3) is 0 Å². The predicted molar refractivity (Wildman–Crippen MR) is 114 cm³/mol. The molecular formula is C23H40N2O4. The van der Waals surface area contributed by atoms with Crippen LogP contribution in [0.4, 0.5) is 0 Å². The number of likely N-dealkylation sites (tertiary alicyclic amines) is 1. The SMILES string of the molecule is CCCCC[C@H](NC(=O)CCCCCN1C(=O)CC(C(C)C)C1=O)C(=O)C(C)C. The fourth-order valence-corrected chi connectivity index (χ4v) is 3.75. The molecule has 1 aliphatic rings. The third-order valence-electron chi connectivity index (χ3n) is 5.71. The zero-order valence-corrected chi connectivity index (χ0v) is 19.0. The largest absolute Gasteiger partial charge is 0.346 e. The molecule has 0 aromatic rings. The number of hydrogen-bond donors (Lipinski definition) is 1. The molecular weight excluding hydrogens is 368 g/mol. The van der Waals surface area contributed by atoms with Crippen molar-refractivity contribution in [3.8, 4) is 0 Å². The number of imide groups is 1. The molecule has 0 aliphatic carbocycles. The molecule has 1 aliphatic heterocycles. The lowest BCUT2D eigenvalue weighted by Gasteiger charge is -2.19. The van der Waals surface area contributed by atoms with Crippen LogP contribution >= 0.6 is 0 Å². The van der Waals surface area contributed by atoms with Gasteiger partial charge in [-0.3, -0.25) is 24.1 Å². The molecule has 29 heavy (non-hydrogen) atoms. The van der Waals surface area contributed by atoms with Crippen LogP contribution in [-0.2, 0) is 19.2 Å². The minimum Gasteiger partial charge on any atom is -0.346 e. The maximum absolute atomic E-state index is 12.3. The molecule has 0 saturated carbocycles. The summed E-state index contributed by atoms with van der Waals surface area (Å²) in [6.07, 6.45) is 6.64. The number of carbonyl (C=O) groups excluding carboxylic acids is 4. The summed E-state index contributed by atoms with van der Waals surface area (Å²) >= 11 is 0. The molecule has 0 aromatic carbocycles. The monoisotopic (exact) mass is 408 g/mol. The maximum Gasteiger partial charge on any atom is 0.233 e. The summed E-state index contributed by atoms with van der Waals surface area (Å²) < 4.78 is 0. The molecule has 1 N–H and O–H groups in total. The Morgan fingerprint density at radius 3 is 2.28 bits per heavy atom. The molecule has 2 atom stereocenters. The van der Waals surface area contributed by atoms with E-state index in [1.54, 1.807) is 0 Å². The summed E-state index contributed by atoms with van der Waals surface area (Å²) in [5, 5.41) is 2.91. The Bertz CT molecular complexity index is 571. The van der Waals surface area contributed by atoms with E-state index in [-0.39, 0.29) is 47.3 Å². The number of Topliss-reactive ketones (excluding diaryl/α,β-unsaturated/α-hetero) is 1. The summed E-state index contributed by atoms with van der Waals surface area (Å²) in [7, 11) is 0. The van der Waals surface area contributed by atoms with Crippen molar-refractivity contribution >= 4 is 23.5 Å². The van der Waals surface area contributed by atoms with E-state index in [0.29, 0.717) is 38.6 Å². The van der Waals surface area contributed by atoms with Crippen molar-refractivity contribution < 1.29 is 19.2 Å². The summed E-state index contributed by atoms with van der Waals surface area (Å²) in [6.45, 7) is 10.2. The van der Waals surface area contributed by atoms with Crippen molar-refractivity contribution in [1.82, 2.24) is 10.2 Å². The van der Waals surface area contributed by atoms with E-state index in [9.17, 15) is 19.2 Å². The Morgan fingerprint density at radius 1 is 1.03 bits per heavy atom. The molecule has 166 valence electrons. The van der Waals surface area contributed by atoms with Gasteiger partial charge in [0.2, 0.25) is 17.7 Å². The third kappa shape index (κ3) is 8.27. The highest BCUT2D eigenvalue weighted by atomic mass is 16.2. The number of carbonyl (C=O) groups is 4. The minimum absolute atomic E-state index is 0.0511. The Hall–Kier alpha value is -1.72. The summed E-state index contributed by atoms with van der Waals surface area (Å²) in [5.74, 6) is -0.213. The van der Waals surface area contributed by atoms with E-state index in [1.807, 2.05) is 27.7 Å². The van der Waals surface area contributed by atoms with Crippen molar-refractivity contribution in [2.45, 2.75) is 98.4 Å². The van der Waals surface area contributed by atoms with Gasteiger partial charge in [-0.25, -0.2) is 0 Å². The number of nitrogens with zero attached hydrogens (tertiary/aromatic N) is 1. The first-order chi connectivity index (χ1) is 13.7. The second-order valence-corrected chi connectivity index (χ2v) is 8.92. The van der Waals surface area contributed by atoms with E-state index < -0.39 is 0 Å². The highest BCUT2D eigenvalue weighted by Gasteiger charge is 2.39. The molecule has 6 heteroatoms. The number of ketones is 1. The van der Waals surface area contributed by atoms with Crippen LogP contribution in [0, 0.1) is 17.8 Å². The Labute approximate surface area is 176 Å². The first kappa shape index (κ1) is 25.3. The van der Waals surface area contributed by atoms with E-state index in [1.165, 1.54) is 4.90 Å². The van der Waals surface area contributed by atoms with Crippen molar-refractivity contribution in [1.29, 1.82) is 0 Å². The molecule has 6 nitrogen and oxygen atoms in total. The van der Waals surface area contributed by atoms with E-state index in [0.717, 1.165) is 25.7 Å². The summed E-state index contributed by atoms with van der Waals surface area (Å²) in [6, 6.07) is -0.387. The summed E-state index contributed by atoms with van der Waals surface area (Å²) in [5.41, 5.74) is 0. The Morgan fingerprint density at radius 2 is 1.72 bits per heavy atom. The molecule has 0 bridgehead atoms. The Kier molecular flexibility index (Phi) is 11.1. The molecule has 0 spiro atoms. The van der Waals surface area contributed by atoms with Crippen LogP contribution in [0.5, 0.6) is 0 Å². The summed E-state index contributed by atoms with van der Waals surface area (Å²) in [4.78, 5) is 50.3. The van der Waals surface area contributed by atoms with Gasteiger partial charge in [-0.2, -0.15) is 0 Å². The number of nitrogens with one attached hydrogen (secondary N) is 1. The van der Waals surface area contributed by atoms with Crippen LogP contribution in [0.25, 0.3) is 0 Å². The topological polar surface area (TPSA) is 83.6 Å². The third-order valence-corrected chi connectivity index (χ3v) is 5.71. The quantitative estimate of drug-likeness (QED) is 0.349. The van der Waals surface area contributed by atoms with Crippen LogP contribution in [0.15, 0.2) is 0 Å². The van der Waals surface area contributed by atoms with Gasteiger partial charge in [0.1, 0.15) is 0 Å². The lowest BCUT2D eigenvalue weighted by atomic mass is 9.94. The fraction of sp³-hybridized carbons (Fsp3) is 0.826. The van der Waals surface area contributed by atoms with Gasteiger partial charge < -0.3 is 5.32 Å². The smallest absolute Gasteiger partial charge is 0.233 e. The zero-order valence-electron chi connectivity index (χ0n) is 19.0. The van der Waals surface area contributed by atoms with Crippen LogP contribution in [0.1, 0.15) is 92.4 Å². The average molecular weight is 409 g/mol. The maximum atomic E-state index is 12.3. The highest BCUT2D eigenvalue weighted by molar-refractivity contribution is 6.03. The van der Waals surface area contributed by atoms with Crippen molar-refractivity contribution in [3.05, 3.63) is 0 Å². The first-order valence-electron chi connectivity index (χ1n) is 11.4.